The summed E-state index contributed by atoms with van der Waals surface area (Å²) < 4.78 is 5.46. The van der Waals surface area contributed by atoms with Crippen LogP contribution in [-0.2, 0) is 16.0 Å². The molecule has 1 N–H and O–H groups in total. The topological polar surface area (TPSA) is 122 Å². The summed E-state index contributed by atoms with van der Waals surface area (Å²) in [6.07, 6.45) is 2.00. The van der Waals surface area contributed by atoms with Gasteiger partial charge in [-0.05, 0) is 56.9 Å². The van der Waals surface area contributed by atoms with Crippen molar-refractivity contribution in [2.24, 2.45) is 0 Å². The van der Waals surface area contributed by atoms with Crippen molar-refractivity contribution < 1.29 is 24.0 Å². The fourth-order valence-corrected chi connectivity index (χ4v) is 4.61. The first-order valence-electron chi connectivity index (χ1n) is 13.1. The Bertz CT molecular complexity index is 1250. The Hall–Kier alpha value is -4.21. The number of non-ortho nitro benzene ring substituents is 1. The Labute approximate surface area is 228 Å². The van der Waals surface area contributed by atoms with Crippen LogP contribution in [0.3, 0.4) is 0 Å². The second kappa shape index (κ2) is 13.0. The van der Waals surface area contributed by atoms with Gasteiger partial charge in [-0.3, -0.25) is 14.9 Å². The van der Waals surface area contributed by atoms with Gasteiger partial charge < -0.3 is 19.9 Å². The summed E-state index contributed by atoms with van der Waals surface area (Å²) in [5.74, 6) is -0.740. The maximum absolute atomic E-state index is 13.1. The van der Waals surface area contributed by atoms with E-state index in [1.807, 2.05) is 24.3 Å². The zero-order valence-corrected chi connectivity index (χ0v) is 23.1. The number of nitro groups is 1. The van der Waals surface area contributed by atoms with Crippen LogP contribution in [-0.4, -0.2) is 58.9 Å². The van der Waals surface area contributed by atoms with Crippen molar-refractivity contribution >= 4 is 23.6 Å². The Morgan fingerprint density at radius 3 is 2.49 bits per heavy atom. The number of nitrogens with zero attached hydrogens (tertiary/aromatic N) is 3. The highest BCUT2D eigenvalue weighted by molar-refractivity contribution is 5.95. The SMILES string of the molecule is CCCc1ccc(C(=O)N(C)CCCN2C(=O)NC(C)=C(C(=O)OC(C)C)C2c2cccc([N+](=O)[O-])c2)cc1. The molecule has 2 aromatic carbocycles. The Morgan fingerprint density at radius 2 is 1.87 bits per heavy atom. The molecule has 1 aliphatic rings. The molecule has 3 amide bonds. The molecule has 10 nitrogen and oxygen atoms in total. The lowest BCUT2D eigenvalue weighted by molar-refractivity contribution is -0.384. The van der Waals surface area contributed by atoms with E-state index in [1.54, 1.807) is 38.8 Å². The van der Waals surface area contributed by atoms with Crippen LogP contribution in [0.4, 0.5) is 10.5 Å². The summed E-state index contributed by atoms with van der Waals surface area (Å²) in [4.78, 5) is 53.2. The molecule has 0 aliphatic carbocycles. The van der Waals surface area contributed by atoms with Gasteiger partial charge in [0.05, 0.1) is 22.6 Å². The molecule has 3 rings (SSSR count). The van der Waals surface area contributed by atoms with Gasteiger partial charge in [0, 0.05) is 43.5 Å². The minimum Gasteiger partial charge on any atom is -0.459 e. The molecule has 1 aliphatic heterocycles. The number of benzene rings is 2. The molecule has 1 atom stereocenters. The first-order valence-corrected chi connectivity index (χ1v) is 13.1. The molecule has 0 aromatic heterocycles. The van der Waals surface area contributed by atoms with Gasteiger partial charge in [-0.15, -0.1) is 0 Å². The molecule has 1 unspecified atom stereocenters. The van der Waals surface area contributed by atoms with E-state index in [0.717, 1.165) is 12.8 Å². The maximum Gasteiger partial charge on any atom is 0.338 e. The minimum absolute atomic E-state index is 0.131. The number of hydrogen-bond acceptors (Lipinski definition) is 6. The number of carbonyl (C=O) groups is 3. The van der Waals surface area contributed by atoms with Crippen LogP contribution >= 0.6 is 0 Å². The third-order valence-electron chi connectivity index (χ3n) is 6.48. The summed E-state index contributed by atoms with van der Waals surface area (Å²) in [5, 5.41) is 14.2. The van der Waals surface area contributed by atoms with Crippen molar-refractivity contribution in [3.8, 4) is 0 Å². The molecule has 0 bridgehead atoms. The molecule has 0 saturated carbocycles. The molecule has 0 saturated heterocycles. The van der Waals surface area contributed by atoms with E-state index in [1.165, 1.54) is 28.7 Å². The number of carbonyl (C=O) groups excluding carboxylic acids is 3. The normalized spacial score (nSPS) is 15.3. The predicted octanol–water partition coefficient (Wildman–Crippen LogP) is 5.00. The maximum atomic E-state index is 13.1. The van der Waals surface area contributed by atoms with Gasteiger partial charge in [-0.2, -0.15) is 0 Å². The van der Waals surface area contributed by atoms with Crippen molar-refractivity contribution in [3.05, 3.63) is 86.6 Å². The molecular weight excluding hydrogens is 500 g/mol. The molecule has 0 radical (unpaired) electrons. The molecule has 0 fully saturated rings. The van der Waals surface area contributed by atoms with Gasteiger partial charge in [0.15, 0.2) is 0 Å². The minimum atomic E-state index is -0.892. The lowest BCUT2D eigenvalue weighted by Gasteiger charge is -2.38. The van der Waals surface area contributed by atoms with Gasteiger partial charge in [-0.1, -0.05) is 37.6 Å². The third kappa shape index (κ3) is 7.22. The van der Waals surface area contributed by atoms with Crippen LogP contribution in [0.1, 0.15) is 68.1 Å². The number of amides is 3. The number of aryl methyl sites for hydroxylation is 1. The van der Waals surface area contributed by atoms with E-state index in [9.17, 15) is 24.5 Å². The van der Waals surface area contributed by atoms with Crippen molar-refractivity contribution in [1.82, 2.24) is 15.1 Å². The Balaban J connectivity index is 1.83. The number of urea groups is 1. The highest BCUT2D eigenvalue weighted by Gasteiger charge is 2.39. The summed E-state index contributed by atoms with van der Waals surface area (Å²) in [6.45, 7) is 7.70. The zero-order valence-electron chi connectivity index (χ0n) is 23.1. The monoisotopic (exact) mass is 536 g/mol. The average molecular weight is 537 g/mol. The summed E-state index contributed by atoms with van der Waals surface area (Å²) >= 11 is 0. The van der Waals surface area contributed by atoms with Crippen LogP contribution in [0, 0.1) is 10.1 Å². The van der Waals surface area contributed by atoms with E-state index in [4.69, 9.17) is 4.74 Å². The number of nitro benzene ring substituents is 1. The highest BCUT2D eigenvalue weighted by atomic mass is 16.6. The van der Waals surface area contributed by atoms with Gasteiger partial charge in [0.1, 0.15) is 0 Å². The molecule has 0 spiro atoms. The number of ether oxygens (including phenoxy) is 1. The molecule has 1 heterocycles. The summed E-state index contributed by atoms with van der Waals surface area (Å²) in [6, 6.07) is 12.1. The molecule has 208 valence electrons. The number of rotatable bonds is 11. The van der Waals surface area contributed by atoms with Crippen LogP contribution in [0.5, 0.6) is 0 Å². The quantitative estimate of drug-likeness (QED) is 0.245. The van der Waals surface area contributed by atoms with E-state index < -0.39 is 29.1 Å². The predicted molar refractivity (Wildman–Crippen MR) is 147 cm³/mol. The molecule has 10 heteroatoms. The van der Waals surface area contributed by atoms with Crippen LogP contribution < -0.4 is 5.32 Å². The van der Waals surface area contributed by atoms with Gasteiger partial charge >= 0.3 is 12.0 Å². The van der Waals surface area contributed by atoms with E-state index in [0.29, 0.717) is 29.8 Å². The summed E-state index contributed by atoms with van der Waals surface area (Å²) in [7, 11) is 1.70. The Morgan fingerprint density at radius 1 is 1.18 bits per heavy atom. The van der Waals surface area contributed by atoms with Crippen LogP contribution in [0.15, 0.2) is 59.8 Å². The lowest BCUT2D eigenvalue weighted by atomic mass is 9.93. The number of hydrogen-bond donors (Lipinski definition) is 1. The second-order valence-electron chi connectivity index (χ2n) is 9.90. The van der Waals surface area contributed by atoms with E-state index >= 15 is 0 Å². The molecule has 2 aromatic rings. The lowest BCUT2D eigenvalue weighted by Crippen LogP contribution is -2.49. The second-order valence-corrected chi connectivity index (χ2v) is 9.90. The standard InChI is InChI=1S/C29H36N4O6/c1-6-9-21-12-14-22(15-13-21)27(34)31(5)16-8-17-32-26(23-10-7-11-24(18-23)33(37)38)25(20(4)30-29(32)36)28(35)39-19(2)3/h7,10-15,18-19,26H,6,8-9,16-17H2,1-5H3,(H,30,36). The first kappa shape index (κ1) is 29.3. The smallest absolute Gasteiger partial charge is 0.338 e. The highest BCUT2D eigenvalue weighted by Crippen LogP contribution is 2.36. The number of esters is 1. The van der Waals surface area contributed by atoms with E-state index in [-0.39, 0.29) is 23.7 Å². The molecular formula is C29H36N4O6. The summed E-state index contributed by atoms with van der Waals surface area (Å²) in [5.41, 5.74) is 2.57. The van der Waals surface area contributed by atoms with Gasteiger partial charge in [-0.25, -0.2) is 9.59 Å². The third-order valence-corrected chi connectivity index (χ3v) is 6.48. The van der Waals surface area contributed by atoms with Crippen LogP contribution in [0.2, 0.25) is 0 Å². The van der Waals surface area contributed by atoms with Crippen molar-refractivity contribution in [1.29, 1.82) is 0 Å². The first-order chi connectivity index (χ1) is 18.5. The average Bonchev–Trinajstić information content (AvgIpc) is 2.89. The fourth-order valence-electron chi connectivity index (χ4n) is 4.61. The molecule has 39 heavy (non-hydrogen) atoms. The Kier molecular flexibility index (Phi) is 9.81. The van der Waals surface area contributed by atoms with Crippen molar-refractivity contribution in [3.63, 3.8) is 0 Å². The zero-order chi connectivity index (χ0) is 28.7. The number of allylic oxidation sites excluding steroid dienone is 1. The number of nitrogens with one attached hydrogen (secondary N) is 1. The van der Waals surface area contributed by atoms with Gasteiger partial charge in [0.25, 0.3) is 11.6 Å². The van der Waals surface area contributed by atoms with E-state index in [2.05, 4.69) is 12.2 Å². The van der Waals surface area contributed by atoms with Gasteiger partial charge in [0.2, 0.25) is 0 Å². The fraction of sp³-hybridized carbons (Fsp3) is 0.414. The van der Waals surface area contributed by atoms with Crippen molar-refractivity contribution in [2.75, 3.05) is 20.1 Å². The van der Waals surface area contributed by atoms with Crippen molar-refractivity contribution in [2.45, 2.75) is 59.1 Å². The largest absolute Gasteiger partial charge is 0.459 e. The van der Waals surface area contributed by atoms with Crippen LogP contribution in [0.25, 0.3) is 0 Å².